The largest absolute Gasteiger partial charge is 0.396 e. The highest BCUT2D eigenvalue weighted by Gasteiger charge is 2.28. The van der Waals surface area contributed by atoms with Gasteiger partial charge in [-0.3, -0.25) is 4.79 Å². The number of carbonyl (C=O) groups excluding carboxylic acids is 1. The summed E-state index contributed by atoms with van der Waals surface area (Å²) in [5, 5.41) is 14.8. The van der Waals surface area contributed by atoms with Crippen LogP contribution in [0.25, 0.3) is 0 Å². The van der Waals surface area contributed by atoms with Gasteiger partial charge >= 0.3 is 0 Å². The summed E-state index contributed by atoms with van der Waals surface area (Å²) in [5.41, 5.74) is 0.444. The first-order valence-electron chi connectivity index (χ1n) is 6.16. The Hall–Kier alpha value is -0.980. The van der Waals surface area contributed by atoms with Crippen LogP contribution >= 0.6 is 15.9 Å². The van der Waals surface area contributed by atoms with Crippen molar-refractivity contribution in [3.63, 3.8) is 0 Å². The molecule has 1 aliphatic rings. The van der Waals surface area contributed by atoms with Crippen LogP contribution in [0, 0.1) is 11.7 Å². The number of hydrogen-bond acceptors (Lipinski definition) is 3. The van der Waals surface area contributed by atoms with Crippen molar-refractivity contribution in [1.29, 1.82) is 0 Å². The molecule has 0 spiro atoms. The predicted octanol–water partition coefficient (Wildman–Crippen LogP) is 1.17. The molecule has 0 aliphatic carbocycles. The fraction of sp³-hybridized carbons (Fsp3) is 0.462. The van der Waals surface area contributed by atoms with Gasteiger partial charge in [-0.1, -0.05) is 12.1 Å². The van der Waals surface area contributed by atoms with E-state index >= 15 is 0 Å². The highest BCUT2D eigenvalue weighted by Crippen LogP contribution is 2.18. The van der Waals surface area contributed by atoms with Crippen molar-refractivity contribution < 1.29 is 14.3 Å². The number of hydrogen-bond donors (Lipinski definition) is 3. The molecule has 0 saturated carbocycles. The van der Waals surface area contributed by atoms with Gasteiger partial charge in [-0.15, -0.1) is 0 Å². The summed E-state index contributed by atoms with van der Waals surface area (Å²) in [6.45, 7) is 0.878. The molecule has 0 aromatic heterocycles. The lowest BCUT2D eigenvalue weighted by Crippen LogP contribution is -2.40. The quantitative estimate of drug-likeness (QED) is 0.776. The van der Waals surface area contributed by atoms with E-state index in [0.29, 0.717) is 23.0 Å². The van der Waals surface area contributed by atoms with Crippen LogP contribution in [0.4, 0.5) is 4.39 Å². The van der Waals surface area contributed by atoms with E-state index in [1.807, 2.05) is 0 Å². The minimum Gasteiger partial charge on any atom is -0.396 e. The van der Waals surface area contributed by atoms with Gasteiger partial charge in [0.1, 0.15) is 5.82 Å². The van der Waals surface area contributed by atoms with Crippen LogP contribution in [0.15, 0.2) is 22.7 Å². The highest BCUT2D eigenvalue weighted by molar-refractivity contribution is 9.10. The first kappa shape index (κ1) is 14.4. The topological polar surface area (TPSA) is 61.4 Å². The number of aliphatic hydroxyl groups excluding tert-OH is 1. The molecule has 1 aromatic rings. The second kappa shape index (κ2) is 6.45. The molecule has 1 aliphatic heterocycles. The summed E-state index contributed by atoms with van der Waals surface area (Å²) in [5.74, 6) is -0.385. The van der Waals surface area contributed by atoms with Crippen LogP contribution in [-0.2, 0) is 11.3 Å². The number of amides is 1. The molecule has 3 N–H and O–H groups in total. The van der Waals surface area contributed by atoms with Gasteiger partial charge in [0.15, 0.2) is 0 Å². The van der Waals surface area contributed by atoms with E-state index in [1.54, 1.807) is 18.2 Å². The maximum Gasteiger partial charge on any atom is 0.237 e. The molecule has 6 heteroatoms. The Labute approximate surface area is 119 Å². The molecule has 2 rings (SSSR count). The Morgan fingerprint density at radius 2 is 2.37 bits per heavy atom. The van der Waals surface area contributed by atoms with Crippen LogP contribution in [-0.4, -0.2) is 30.2 Å². The van der Waals surface area contributed by atoms with Gasteiger partial charge in [0.25, 0.3) is 0 Å². The van der Waals surface area contributed by atoms with Gasteiger partial charge < -0.3 is 15.7 Å². The van der Waals surface area contributed by atoms with E-state index < -0.39 is 0 Å². The zero-order valence-electron chi connectivity index (χ0n) is 10.3. The van der Waals surface area contributed by atoms with E-state index in [2.05, 4.69) is 26.6 Å². The Morgan fingerprint density at radius 3 is 3.05 bits per heavy atom. The molecule has 0 radical (unpaired) electrons. The summed E-state index contributed by atoms with van der Waals surface area (Å²) >= 11 is 3.11. The van der Waals surface area contributed by atoms with E-state index in [9.17, 15) is 9.18 Å². The third-order valence-electron chi connectivity index (χ3n) is 3.28. The van der Waals surface area contributed by atoms with Crippen molar-refractivity contribution in [3.05, 3.63) is 34.1 Å². The van der Waals surface area contributed by atoms with Crippen molar-refractivity contribution in [2.24, 2.45) is 5.92 Å². The molecule has 1 fully saturated rings. The van der Waals surface area contributed by atoms with Crippen molar-refractivity contribution in [2.75, 3.05) is 13.2 Å². The lowest BCUT2D eigenvalue weighted by Gasteiger charge is -2.12. The molecular formula is C13H16BrFN2O2. The van der Waals surface area contributed by atoms with Crippen molar-refractivity contribution in [1.82, 2.24) is 10.6 Å². The number of nitrogens with one attached hydrogen (secondary N) is 2. The zero-order valence-corrected chi connectivity index (χ0v) is 11.9. The fourth-order valence-electron chi connectivity index (χ4n) is 2.14. The maximum absolute atomic E-state index is 13.7. The average Bonchev–Trinajstić information content (AvgIpc) is 2.89. The Kier molecular flexibility index (Phi) is 4.90. The SMILES string of the molecule is O=C(NCc1cccc(Br)c1F)C1CC(CO)CN1. The summed E-state index contributed by atoms with van der Waals surface area (Å²) in [7, 11) is 0. The summed E-state index contributed by atoms with van der Waals surface area (Å²) in [6.07, 6.45) is 0.614. The summed E-state index contributed by atoms with van der Waals surface area (Å²) < 4.78 is 14.1. The molecule has 1 aromatic carbocycles. The van der Waals surface area contributed by atoms with Crippen molar-refractivity contribution >= 4 is 21.8 Å². The standard InChI is InChI=1S/C13H16BrFN2O2/c14-10-3-1-2-9(12(10)15)6-17-13(19)11-4-8(7-18)5-16-11/h1-3,8,11,16,18H,4-7H2,(H,17,19). The van der Waals surface area contributed by atoms with Crippen LogP contribution in [0.3, 0.4) is 0 Å². The average molecular weight is 331 g/mol. The van der Waals surface area contributed by atoms with Crippen LogP contribution in [0.1, 0.15) is 12.0 Å². The lowest BCUT2D eigenvalue weighted by molar-refractivity contribution is -0.123. The highest BCUT2D eigenvalue weighted by atomic mass is 79.9. The molecule has 0 bridgehead atoms. The molecule has 1 heterocycles. The predicted molar refractivity (Wildman–Crippen MR) is 72.9 cm³/mol. The second-order valence-electron chi connectivity index (χ2n) is 4.68. The smallest absolute Gasteiger partial charge is 0.237 e. The molecule has 104 valence electrons. The van der Waals surface area contributed by atoms with Gasteiger partial charge in [0, 0.05) is 25.3 Å². The third-order valence-corrected chi connectivity index (χ3v) is 3.89. The molecule has 1 amide bonds. The molecular weight excluding hydrogens is 315 g/mol. The van der Waals surface area contributed by atoms with Gasteiger partial charge in [-0.25, -0.2) is 4.39 Å². The molecule has 2 unspecified atom stereocenters. The van der Waals surface area contributed by atoms with Crippen LogP contribution in [0.2, 0.25) is 0 Å². The summed E-state index contributed by atoms with van der Waals surface area (Å²) in [6, 6.07) is 4.68. The first-order chi connectivity index (χ1) is 9.11. The third kappa shape index (κ3) is 3.52. The fourth-order valence-corrected chi connectivity index (χ4v) is 2.55. The van der Waals surface area contributed by atoms with Crippen LogP contribution < -0.4 is 10.6 Å². The lowest BCUT2D eigenvalue weighted by atomic mass is 10.1. The maximum atomic E-state index is 13.7. The van der Waals surface area contributed by atoms with Crippen LogP contribution in [0.5, 0.6) is 0 Å². The first-order valence-corrected chi connectivity index (χ1v) is 6.96. The summed E-state index contributed by atoms with van der Waals surface area (Å²) in [4.78, 5) is 11.9. The monoisotopic (exact) mass is 330 g/mol. The molecule has 2 atom stereocenters. The Balaban J connectivity index is 1.89. The van der Waals surface area contributed by atoms with E-state index in [0.717, 1.165) is 0 Å². The van der Waals surface area contributed by atoms with E-state index in [1.165, 1.54) is 0 Å². The van der Waals surface area contributed by atoms with E-state index in [-0.39, 0.29) is 36.8 Å². The number of halogens is 2. The van der Waals surface area contributed by atoms with Gasteiger partial charge in [0.2, 0.25) is 5.91 Å². The number of rotatable bonds is 4. The normalized spacial score (nSPS) is 22.5. The minimum absolute atomic E-state index is 0.0804. The van der Waals surface area contributed by atoms with E-state index in [4.69, 9.17) is 5.11 Å². The second-order valence-corrected chi connectivity index (χ2v) is 5.53. The molecule has 4 nitrogen and oxygen atoms in total. The van der Waals surface area contributed by atoms with Crippen molar-refractivity contribution in [3.8, 4) is 0 Å². The number of benzene rings is 1. The van der Waals surface area contributed by atoms with Gasteiger partial charge in [-0.2, -0.15) is 0 Å². The van der Waals surface area contributed by atoms with Gasteiger partial charge in [0.05, 0.1) is 10.5 Å². The van der Waals surface area contributed by atoms with Gasteiger partial charge in [-0.05, 0) is 34.3 Å². The number of carbonyl (C=O) groups is 1. The number of aliphatic hydroxyl groups is 1. The Bertz CT molecular complexity index is 470. The minimum atomic E-state index is -0.351. The van der Waals surface area contributed by atoms with Crippen molar-refractivity contribution in [2.45, 2.75) is 19.0 Å². The Morgan fingerprint density at radius 1 is 1.58 bits per heavy atom. The zero-order chi connectivity index (χ0) is 13.8. The molecule has 19 heavy (non-hydrogen) atoms. The molecule has 1 saturated heterocycles.